The third-order valence-electron chi connectivity index (χ3n) is 3.55. The Kier molecular flexibility index (Phi) is 3.16. The number of fused-ring (bicyclic) bond motifs is 1. The number of benzene rings is 1. The van der Waals surface area contributed by atoms with E-state index in [9.17, 15) is 9.90 Å². The zero-order valence-corrected chi connectivity index (χ0v) is 10.4. The van der Waals surface area contributed by atoms with Gasteiger partial charge in [0, 0.05) is 11.6 Å². The van der Waals surface area contributed by atoms with Gasteiger partial charge in [-0.3, -0.25) is 4.79 Å². The molecule has 19 heavy (non-hydrogen) atoms. The van der Waals surface area contributed by atoms with E-state index in [0.717, 1.165) is 25.7 Å². The number of aliphatic hydroxyl groups is 1. The molecule has 0 saturated heterocycles. The number of amides is 1. The lowest BCUT2D eigenvalue weighted by atomic mass is 9.93. The molecule has 6 nitrogen and oxygen atoms in total. The highest BCUT2D eigenvalue weighted by Gasteiger charge is 2.21. The summed E-state index contributed by atoms with van der Waals surface area (Å²) in [6.45, 7) is 0. The van der Waals surface area contributed by atoms with Gasteiger partial charge in [0.2, 0.25) is 0 Å². The summed E-state index contributed by atoms with van der Waals surface area (Å²) >= 11 is 0. The molecule has 0 radical (unpaired) electrons. The normalized spacial score (nSPS) is 23.4. The Hall–Kier alpha value is -1.95. The van der Waals surface area contributed by atoms with Crippen LogP contribution in [0.5, 0.6) is 0 Å². The van der Waals surface area contributed by atoms with E-state index in [-0.39, 0.29) is 18.1 Å². The number of hydrogen-bond acceptors (Lipinski definition) is 5. The van der Waals surface area contributed by atoms with Gasteiger partial charge in [-0.15, -0.1) is 0 Å². The fourth-order valence-corrected chi connectivity index (χ4v) is 2.41. The monoisotopic (exact) mass is 261 g/mol. The second-order valence-corrected chi connectivity index (χ2v) is 4.95. The lowest BCUT2D eigenvalue weighted by Crippen LogP contribution is -2.38. The molecule has 0 unspecified atom stereocenters. The van der Waals surface area contributed by atoms with Crippen molar-refractivity contribution in [3.05, 3.63) is 23.8 Å². The summed E-state index contributed by atoms with van der Waals surface area (Å²) in [6, 6.07) is 5.23. The van der Waals surface area contributed by atoms with Crippen molar-refractivity contribution in [2.45, 2.75) is 37.8 Å². The Balaban J connectivity index is 1.69. The predicted molar refractivity (Wildman–Crippen MR) is 67.5 cm³/mol. The van der Waals surface area contributed by atoms with Gasteiger partial charge in [-0.1, -0.05) is 0 Å². The second-order valence-electron chi connectivity index (χ2n) is 4.95. The summed E-state index contributed by atoms with van der Waals surface area (Å²) < 4.78 is 4.60. The number of rotatable bonds is 2. The van der Waals surface area contributed by atoms with Crippen molar-refractivity contribution >= 4 is 16.9 Å². The largest absolute Gasteiger partial charge is 0.393 e. The van der Waals surface area contributed by atoms with Crippen LogP contribution in [0.25, 0.3) is 11.0 Å². The molecule has 1 saturated carbocycles. The number of nitrogens with one attached hydrogen (secondary N) is 1. The van der Waals surface area contributed by atoms with Crippen LogP contribution >= 0.6 is 0 Å². The van der Waals surface area contributed by atoms with Crippen LogP contribution in [0.2, 0.25) is 0 Å². The van der Waals surface area contributed by atoms with Gasteiger partial charge >= 0.3 is 0 Å². The Bertz CT molecular complexity index is 588. The van der Waals surface area contributed by atoms with E-state index in [1.54, 1.807) is 18.2 Å². The van der Waals surface area contributed by atoms with Crippen molar-refractivity contribution in [3.8, 4) is 0 Å². The van der Waals surface area contributed by atoms with Gasteiger partial charge in [0.05, 0.1) is 6.10 Å². The molecular weight excluding hydrogens is 246 g/mol. The summed E-state index contributed by atoms with van der Waals surface area (Å²) in [7, 11) is 0. The van der Waals surface area contributed by atoms with Crippen molar-refractivity contribution in [3.63, 3.8) is 0 Å². The van der Waals surface area contributed by atoms with Crippen LogP contribution in [-0.4, -0.2) is 33.5 Å². The fraction of sp³-hybridized carbons (Fsp3) is 0.462. The van der Waals surface area contributed by atoms with E-state index < -0.39 is 0 Å². The van der Waals surface area contributed by atoms with Gasteiger partial charge < -0.3 is 10.4 Å². The zero-order chi connectivity index (χ0) is 13.2. The molecule has 3 rings (SSSR count). The zero-order valence-electron chi connectivity index (χ0n) is 10.4. The Morgan fingerprint density at radius 1 is 1.21 bits per heavy atom. The number of hydrogen-bond donors (Lipinski definition) is 2. The van der Waals surface area contributed by atoms with E-state index in [1.165, 1.54) is 0 Å². The van der Waals surface area contributed by atoms with E-state index in [2.05, 4.69) is 20.3 Å². The fourth-order valence-electron chi connectivity index (χ4n) is 2.41. The molecule has 2 N–H and O–H groups in total. The van der Waals surface area contributed by atoms with Crippen LogP contribution in [0.3, 0.4) is 0 Å². The minimum Gasteiger partial charge on any atom is -0.393 e. The number of aliphatic hydroxyl groups excluding tert-OH is 1. The van der Waals surface area contributed by atoms with Crippen LogP contribution in [0, 0.1) is 0 Å². The average molecular weight is 261 g/mol. The molecule has 1 aliphatic carbocycles. The predicted octanol–water partition coefficient (Wildman–Crippen LogP) is 1.26. The SMILES string of the molecule is O=C(N[C@H]1CC[C@H](O)CC1)c1ccc2nonc2c1. The second kappa shape index (κ2) is 4.97. The Labute approximate surface area is 109 Å². The van der Waals surface area contributed by atoms with Crippen LogP contribution in [0.4, 0.5) is 0 Å². The maximum atomic E-state index is 12.1. The van der Waals surface area contributed by atoms with Gasteiger partial charge in [0.15, 0.2) is 0 Å². The Morgan fingerprint density at radius 3 is 2.74 bits per heavy atom. The standard InChI is InChI=1S/C13H15N3O3/c17-10-4-2-9(3-5-10)14-13(18)8-1-6-11-12(7-8)16-19-15-11/h1,6-7,9-10,17H,2-5H2,(H,14,18)/t9-,10-. The molecule has 1 aliphatic rings. The van der Waals surface area contributed by atoms with Crippen LogP contribution in [0.15, 0.2) is 22.8 Å². The lowest BCUT2D eigenvalue weighted by molar-refractivity contribution is 0.0868. The highest BCUT2D eigenvalue weighted by molar-refractivity contribution is 5.97. The molecule has 1 fully saturated rings. The quantitative estimate of drug-likeness (QED) is 0.849. The third kappa shape index (κ3) is 2.58. The molecular formula is C13H15N3O3. The number of carbonyl (C=O) groups is 1. The first kappa shape index (κ1) is 12.1. The van der Waals surface area contributed by atoms with Gasteiger partial charge in [0.1, 0.15) is 11.0 Å². The van der Waals surface area contributed by atoms with E-state index in [1.807, 2.05) is 0 Å². The van der Waals surface area contributed by atoms with E-state index in [0.29, 0.717) is 16.6 Å². The van der Waals surface area contributed by atoms with E-state index in [4.69, 9.17) is 0 Å². The summed E-state index contributed by atoms with van der Waals surface area (Å²) in [5, 5.41) is 19.8. The maximum Gasteiger partial charge on any atom is 0.251 e. The summed E-state index contributed by atoms with van der Waals surface area (Å²) in [6.07, 6.45) is 2.92. The molecule has 0 atom stereocenters. The van der Waals surface area contributed by atoms with Crippen molar-refractivity contribution in [1.29, 1.82) is 0 Å². The number of nitrogens with zero attached hydrogens (tertiary/aromatic N) is 2. The van der Waals surface area contributed by atoms with Crippen molar-refractivity contribution in [1.82, 2.24) is 15.6 Å². The van der Waals surface area contributed by atoms with Gasteiger partial charge in [-0.05, 0) is 54.2 Å². The topological polar surface area (TPSA) is 88.2 Å². The summed E-state index contributed by atoms with van der Waals surface area (Å²) in [5.74, 6) is -0.119. The molecule has 1 amide bonds. The highest BCUT2D eigenvalue weighted by atomic mass is 16.6. The molecule has 100 valence electrons. The maximum absolute atomic E-state index is 12.1. The van der Waals surface area contributed by atoms with Crippen molar-refractivity contribution in [2.24, 2.45) is 0 Å². The first-order valence-corrected chi connectivity index (χ1v) is 6.43. The summed E-state index contributed by atoms with van der Waals surface area (Å²) in [4.78, 5) is 12.1. The third-order valence-corrected chi connectivity index (χ3v) is 3.55. The number of aromatic nitrogens is 2. The smallest absolute Gasteiger partial charge is 0.251 e. The molecule has 0 aliphatic heterocycles. The number of carbonyl (C=O) groups excluding carboxylic acids is 1. The van der Waals surface area contributed by atoms with Gasteiger partial charge in [0.25, 0.3) is 5.91 Å². The van der Waals surface area contributed by atoms with Gasteiger partial charge in [-0.2, -0.15) is 0 Å². The van der Waals surface area contributed by atoms with Crippen LogP contribution in [0.1, 0.15) is 36.0 Å². The molecule has 1 aromatic carbocycles. The van der Waals surface area contributed by atoms with Crippen LogP contribution < -0.4 is 5.32 Å². The molecule has 2 aromatic rings. The molecule has 1 heterocycles. The molecule has 0 bridgehead atoms. The van der Waals surface area contributed by atoms with Crippen molar-refractivity contribution < 1.29 is 14.5 Å². The Morgan fingerprint density at radius 2 is 1.95 bits per heavy atom. The summed E-state index contributed by atoms with van der Waals surface area (Å²) in [5.41, 5.74) is 1.76. The minimum absolute atomic E-state index is 0.119. The van der Waals surface area contributed by atoms with E-state index >= 15 is 0 Å². The van der Waals surface area contributed by atoms with Crippen molar-refractivity contribution in [2.75, 3.05) is 0 Å². The van der Waals surface area contributed by atoms with Gasteiger partial charge in [-0.25, -0.2) is 4.63 Å². The lowest BCUT2D eigenvalue weighted by Gasteiger charge is -2.26. The first-order chi connectivity index (χ1) is 9.22. The van der Waals surface area contributed by atoms with Crippen LogP contribution in [-0.2, 0) is 0 Å². The first-order valence-electron chi connectivity index (χ1n) is 6.43. The minimum atomic E-state index is -0.217. The highest BCUT2D eigenvalue weighted by Crippen LogP contribution is 2.19. The molecule has 0 spiro atoms. The molecule has 6 heteroatoms. The molecule has 1 aromatic heterocycles. The average Bonchev–Trinajstić information content (AvgIpc) is 2.88.